The summed E-state index contributed by atoms with van der Waals surface area (Å²) in [6.07, 6.45) is 0. The van der Waals surface area contributed by atoms with Crippen LogP contribution in [0.15, 0.2) is 18.2 Å². The van der Waals surface area contributed by atoms with Crippen LogP contribution in [0.3, 0.4) is 0 Å². The van der Waals surface area contributed by atoms with Gasteiger partial charge >= 0.3 is 11.9 Å². The number of ether oxygens (including phenoxy) is 1. The number of aliphatic carboxylic acids is 1. The lowest BCUT2D eigenvalue weighted by Crippen LogP contribution is -2.26. The standard InChI is InChI=1S/C11H13NO5/c1-6(10(13)14)12-9-4-3-7(17-2)5-8(9)11(15)16/h3-6,12H,1-2H3,(H,13,14)(H,15,16)/t6-/m0/s1. The molecule has 0 amide bonds. The molecule has 0 unspecified atom stereocenters. The maximum atomic E-state index is 11.0. The number of aromatic carboxylic acids is 1. The van der Waals surface area contributed by atoms with Crippen molar-refractivity contribution in [3.63, 3.8) is 0 Å². The first-order chi connectivity index (χ1) is 7.95. The molecule has 0 aliphatic carbocycles. The SMILES string of the molecule is COc1ccc(N[C@@H](C)C(=O)O)c(C(=O)O)c1. The van der Waals surface area contributed by atoms with Crippen LogP contribution in [0.1, 0.15) is 17.3 Å². The molecule has 0 heterocycles. The van der Waals surface area contributed by atoms with Crippen LogP contribution in [0, 0.1) is 0 Å². The summed E-state index contributed by atoms with van der Waals surface area (Å²) in [4.78, 5) is 21.7. The van der Waals surface area contributed by atoms with Gasteiger partial charge in [0, 0.05) is 5.69 Å². The van der Waals surface area contributed by atoms with Gasteiger partial charge in [0.25, 0.3) is 0 Å². The van der Waals surface area contributed by atoms with E-state index in [0.29, 0.717) is 5.75 Å². The molecule has 1 aromatic rings. The highest BCUT2D eigenvalue weighted by Crippen LogP contribution is 2.22. The van der Waals surface area contributed by atoms with Gasteiger partial charge in [-0.1, -0.05) is 0 Å². The summed E-state index contributed by atoms with van der Waals surface area (Å²) in [5, 5.41) is 20.3. The van der Waals surface area contributed by atoms with Crippen LogP contribution in [0.2, 0.25) is 0 Å². The van der Waals surface area contributed by atoms with Crippen LogP contribution in [0.4, 0.5) is 5.69 Å². The predicted molar refractivity (Wildman–Crippen MR) is 60.7 cm³/mol. The zero-order valence-electron chi connectivity index (χ0n) is 9.43. The second-order valence-electron chi connectivity index (χ2n) is 3.42. The van der Waals surface area contributed by atoms with Crippen molar-refractivity contribution in [1.29, 1.82) is 0 Å². The molecular formula is C11H13NO5. The van der Waals surface area contributed by atoms with E-state index in [4.69, 9.17) is 14.9 Å². The van der Waals surface area contributed by atoms with E-state index in [-0.39, 0.29) is 11.3 Å². The Hall–Kier alpha value is -2.24. The number of hydrogen-bond donors (Lipinski definition) is 3. The van der Waals surface area contributed by atoms with E-state index in [1.165, 1.54) is 26.2 Å². The van der Waals surface area contributed by atoms with E-state index in [0.717, 1.165) is 0 Å². The molecule has 0 saturated heterocycles. The largest absolute Gasteiger partial charge is 0.497 e. The number of methoxy groups -OCH3 is 1. The zero-order valence-corrected chi connectivity index (χ0v) is 9.43. The molecule has 1 rings (SSSR count). The molecule has 6 heteroatoms. The number of carboxylic acids is 2. The average molecular weight is 239 g/mol. The maximum absolute atomic E-state index is 11.0. The quantitative estimate of drug-likeness (QED) is 0.716. The second kappa shape index (κ2) is 5.20. The fourth-order valence-electron chi connectivity index (χ4n) is 1.25. The Kier molecular flexibility index (Phi) is 3.92. The van der Waals surface area contributed by atoms with Crippen molar-refractivity contribution in [3.8, 4) is 5.75 Å². The van der Waals surface area contributed by atoms with Crippen LogP contribution in [0.25, 0.3) is 0 Å². The highest BCUT2D eigenvalue weighted by Gasteiger charge is 2.16. The summed E-state index contributed by atoms with van der Waals surface area (Å²) < 4.78 is 4.91. The molecule has 17 heavy (non-hydrogen) atoms. The van der Waals surface area contributed by atoms with Gasteiger partial charge in [0.1, 0.15) is 11.8 Å². The van der Waals surface area contributed by atoms with E-state index in [9.17, 15) is 9.59 Å². The number of carboxylic acid groups (broad SMARTS) is 2. The monoisotopic (exact) mass is 239 g/mol. The van der Waals surface area contributed by atoms with E-state index >= 15 is 0 Å². The maximum Gasteiger partial charge on any atom is 0.337 e. The minimum atomic E-state index is -1.15. The third-order valence-corrected chi connectivity index (χ3v) is 2.20. The van der Waals surface area contributed by atoms with Crippen LogP contribution >= 0.6 is 0 Å². The van der Waals surface area contributed by atoms with Gasteiger partial charge in [-0.2, -0.15) is 0 Å². The summed E-state index contributed by atoms with van der Waals surface area (Å²) in [6.45, 7) is 1.43. The summed E-state index contributed by atoms with van der Waals surface area (Å²) in [6, 6.07) is 3.49. The third-order valence-electron chi connectivity index (χ3n) is 2.20. The molecule has 0 bridgehead atoms. The molecule has 1 aromatic carbocycles. The lowest BCUT2D eigenvalue weighted by molar-refractivity contribution is -0.137. The third kappa shape index (κ3) is 3.10. The summed E-state index contributed by atoms with van der Waals surface area (Å²) in [7, 11) is 1.42. The lowest BCUT2D eigenvalue weighted by atomic mass is 10.1. The van der Waals surface area contributed by atoms with Gasteiger partial charge in [-0.15, -0.1) is 0 Å². The number of carbonyl (C=O) groups is 2. The van der Waals surface area contributed by atoms with Crippen molar-refractivity contribution < 1.29 is 24.5 Å². The Bertz CT molecular complexity index is 443. The second-order valence-corrected chi connectivity index (χ2v) is 3.42. The minimum absolute atomic E-state index is 0.0301. The summed E-state index contributed by atoms with van der Waals surface area (Å²) >= 11 is 0. The molecule has 0 aliphatic rings. The molecule has 92 valence electrons. The smallest absolute Gasteiger partial charge is 0.337 e. The van der Waals surface area contributed by atoms with Gasteiger partial charge in [0.15, 0.2) is 0 Å². The highest BCUT2D eigenvalue weighted by molar-refractivity contribution is 5.95. The van der Waals surface area contributed by atoms with E-state index in [1.807, 2.05) is 0 Å². The molecule has 0 spiro atoms. The first-order valence-electron chi connectivity index (χ1n) is 4.86. The molecule has 0 aromatic heterocycles. The lowest BCUT2D eigenvalue weighted by Gasteiger charge is -2.13. The molecular weight excluding hydrogens is 226 g/mol. The minimum Gasteiger partial charge on any atom is -0.497 e. The highest BCUT2D eigenvalue weighted by atomic mass is 16.5. The first-order valence-corrected chi connectivity index (χ1v) is 4.86. The van der Waals surface area contributed by atoms with Crippen LogP contribution in [-0.2, 0) is 4.79 Å². The van der Waals surface area contributed by atoms with Crippen molar-refractivity contribution in [2.24, 2.45) is 0 Å². The number of rotatable bonds is 5. The first kappa shape index (κ1) is 12.8. The number of anilines is 1. The van der Waals surface area contributed by atoms with Gasteiger partial charge in [-0.25, -0.2) is 4.79 Å². The van der Waals surface area contributed by atoms with Crippen molar-refractivity contribution in [2.75, 3.05) is 12.4 Å². The molecule has 0 fully saturated rings. The van der Waals surface area contributed by atoms with Gasteiger partial charge in [0.05, 0.1) is 12.7 Å². The molecule has 0 saturated carbocycles. The van der Waals surface area contributed by atoms with E-state index < -0.39 is 18.0 Å². The Labute approximate surface area is 97.8 Å². The van der Waals surface area contributed by atoms with Crippen LogP contribution < -0.4 is 10.1 Å². The zero-order chi connectivity index (χ0) is 13.0. The van der Waals surface area contributed by atoms with E-state index in [2.05, 4.69) is 5.32 Å². The van der Waals surface area contributed by atoms with Crippen LogP contribution in [-0.4, -0.2) is 35.3 Å². The molecule has 0 radical (unpaired) electrons. The molecule has 3 N–H and O–H groups in total. The van der Waals surface area contributed by atoms with Gasteiger partial charge in [-0.3, -0.25) is 4.79 Å². The van der Waals surface area contributed by atoms with E-state index in [1.54, 1.807) is 6.07 Å². The Morgan fingerprint density at radius 3 is 2.47 bits per heavy atom. The fraction of sp³-hybridized carbons (Fsp3) is 0.273. The van der Waals surface area contributed by atoms with Crippen molar-refractivity contribution in [2.45, 2.75) is 13.0 Å². The van der Waals surface area contributed by atoms with Crippen molar-refractivity contribution in [3.05, 3.63) is 23.8 Å². The topological polar surface area (TPSA) is 95.9 Å². The summed E-state index contributed by atoms with van der Waals surface area (Å²) in [5.74, 6) is -1.81. The fourth-order valence-corrected chi connectivity index (χ4v) is 1.25. The molecule has 0 aliphatic heterocycles. The number of benzene rings is 1. The van der Waals surface area contributed by atoms with Crippen LogP contribution in [0.5, 0.6) is 5.75 Å². The normalized spacial score (nSPS) is 11.6. The van der Waals surface area contributed by atoms with Gasteiger partial charge in [-0.05, 0) is 25.1 Å². The van der Waals surface area contributed by atoms with Crippen molar-refractivity contribution in [1.82, 2.24) is 0 Å². The van der Waals surface area contributed by atoms with Gasteiger partial charge < -0.3 is 20.3 Å². The Balaban J connectivity index is 3.06. The van der Waals surface area contributed by atoms with Crippen molar-refractivity contribution >= 4 is 17.6 Å². The summed E-state index contributed by atoms with van der Waals surface area (Å²) in [5.41, 5.74) is 0.214. The average Bonchev–Trinajstić information content (AvgIpc) is 2.29. The number of nitrogens with one attached hydrogen (secondary N) is 1. The van der Waals surface area contributed by atoms with Gasteiger partial charge in [0.2, 0.25) is 0 Å². The Morgan fingerprint density at radius 1 is 1.35 bits per heavy atom. The predicted octanol–water partition coefficient (Wildman–Crippen LogP) is 1.28. The molecule has 1 atom stereocenters. The number of hydrogen-bond acceptors (Lipinski definition) is 4. The Morgan fingerprint density at radius 2 is 2.00 bits per heavy atom. The molecule has 6 nitrogen and oxygen atoms in total.